The molecule has 1 aromatic carbocycles. The van der Waals surface area contributed by atoms with Gasteiger partial charge in [-0.3, -0.25) is 0 Å². The molecule has 0 bridgehead atoms. The van der Waals surface area contributed by atoms with E-state index in [-0.39, 0.29) is 5.82 Å². The maximum absolute atomic E-state index is 13.2. The Morgan fingerprint density at radius 2 is 1.94 bits per heavy atom. The van der Waals surface area contributed by atoms with Crippen molar-refractivity contribution in [1.29, 1.82) is 0 Å². The van der Waals surface area contributed by atoms with E-state index in [0.29, 0.717) is 6.04 Å². The number of rotatable bonds is 7. The zero-order chi connectivity index (χ0) is 12.7. The van der Waals surface area contributed by atoms with E-state index in [1.165, 1.54) is 12.8 Å². The molecule has 0 aliphatic heterocycles. The first-order chi connectivity index (χ1) is 8.15. The minimum Gasteiger partial charge on any atom is -0.314 e. The summed E-state index contributed by atoms with van der Waals surface area (Å²) in [6, 6.07) is 5.88. The van der Waals surface area contributed by atoms with Gasteiger partial charge in [-0.2, -0.15) is 0 Å². The molecular weight excluding hydrogens is 213 g/mol. The van der Waals surface area contributed by atoms with Crippen LogP contribution in [0.3, 0.4) is 0 Å². The highest BCUT2D eigenvalue weighted by Crippen LogP contribution is 2.13. The van der Waals surface area contributed by atoms with Crippen LogP contribution in [0.5, 0.6) is 0 Å². The second-order valence-electron chi connectivity index (χ2n) is 4.72. The first kappa shape index (κ1) is 14.2. The van der Waals surface area contributed by atoms with E-state index in [9.17, 15) is 4.39 Å². The molecule has 1 atom stereocenters. The summed E-state index contributed by atoms with van der Waals surface area (Å²) in [5, 5.41) is 3.49. The zero-order valence-electron chi connectivity index (χ0n) is 11.2. The third-order valence-electron chi connectivity index (χ3n) is 3.01. The van der Waals surface area contributed by atoms with Crippen molar-refractivity contribution in [2.45, 2.75) is 52.5 Å². The van der Waals surface area contributed by atoms with Gasteiger partial charge in [0.1, 0.15) is 5.82 Å². The molecule has 2 heteroatoms. The Bertz CT molecular complexity index is 309. The van der Waals surface area contributed by atoms with Crippen LogP contribution in [0.4, 0.5) is 4.39 Å². The summed E-state index contributed by atoms with van der Waals surface area (Å²) in [5.41, 5.74) is 2.12. The summed E-state index contributed by atoms with van der Waals surface area (Å²) < 4.78 is 13.2. The predicted molar refractivity (Wildman–Crippen MR) is 71.8 cm³/mol. The highest BCUT2D eigenvalue weighted by molar-refractivity contribution is 5.23. The molecule has 0 amide bonds. The first-order valence-electron chi connectivity index (χ1n) is 6.65. The Morgan fingerprint density at radius 3 is 2.53 bits per heavy atom. The normalized spacial score (nSPS) is 12.7. The van der Waals surface area contributed by atoms with E-state index in [1.807, 2.05) is 6.92 Å². The van der Waals surface area contributed by atoms with Crippen LogP contribution in [0.1, 0.15) is 44.2 Å². The molecule has 1 unspecified atom stereocenters. The van der Waals surface area contributed by atoms with Crippen LogP contribution in [-0.4, -0.2) is 12.6 Å². The van der Waals surface area contributed by atoms with Crippen LogP contribution in [-0.2, 0) is 6.42 Å². The van der Waals surface area contributed by atoms with Gasteiger partial charge in [0.2, 0.25) is 0 Å². The second-order valence-corrected chi connectivity index (χ2v) is 4.72. The van der Waals surface area contributed by atoms with E-state index >= 15 is 0 Å². The Kier molecular flexibility index (Phi) is 6.20. The van der Waals surface area contributed by atoms with Crippen LogP contribution in [0.2, 0.25) is 0 Å². The summed E-state index contributed by atoms with van der Waals surface area (Å²) in [6.07, 6.45) is 4.43. The molecule has 1 aromatic rings. The topological polar surface area (TPSA) is 12.0 Å². The van der Waals surface area contributed by atoms with E-state index in [2.05, 4.69) is 25.2 Å². The summed E-state index contributed by atoms with van der Waals surface area (Å²) in [4.78, 5) is 0. The predicted octanol–water partition coefficient (Wildman–Crippen LogP) is 3.84. The molecule has 0 radical (unpaired) electrons. The van der Waals surface area contributed by atoms with Crippen molar-refractivity contribution in [3.05, 3.63) is 35.1 Å². The number of hydrogen-bond donors (Lipinski definition) is 1. The zero-order valence-corrected chi connectivity index (χ0v) is 11.2. The number of benzene rings is 1. The Morgan fingerprint density at radius 1 is 1.18 bits per heavy atom. The molecule has 96 valence electrons. The van der Waals surface area contributed by atoms with Crippen molar-refractivity contribution in [2.75, 3.05) is 6.54 Å². The number of halogens is 1. The van der Waals surface area contributed by atoms with Crippen molar-refractivity contribution in [1.82, 2.24) is 5.32 Å². The maximum Gasteiger partial charge on any atom is 0.123 e. The molecule has 0 saturated carbocycles. The van der Waals surface area contributed by atoms with Gasteiger partial charge in [0.05, 0.1) is 0 Å². The highest BCUT2D eigenvalue weighted by atomic mass is 19.1. The molecule has 0 heterocycles. The fraction of sp³-hybridized carbons (Fsp3) is 0.600. The summed E-state index contributed by atoms with van der Waals surface area (Å²) in [5.74, 6) is -0.115. The van der Waals surface area contributed by atoms with Gasteiger partial charge in [-0.05, 0) is 56.0 Å². The maximum atomic E-state index is 13.2. The Hall–Kier alpha value is -0.890. The van der Waals surface area contributed by atoms with Crippen molar-refractivity contribution in [2.24, 2.45) is 0 Å². The number of nitrogens with one attached hydrogen (secondary N) is 1. The van der Waals surface area contributed by atoms with Crippen LogP contribution < -0.4 is 5.32 Å². The average Bonchev–Trinajstić information content (AvgIpc) is 2.25. The van der Waals surface area contributed by atoms with Gasteiger partial charge < -0.3 is 5.32 Å². The molecule has 1 rings (SSSR count). The van der Waals surface area contributed by atoms with Gasteiger partial charge in [-0.15, -0.1) is 0 Å². The number of hydrogen-bond acceptors (Lipinski definition) is 1. The Labute approximate surface area is 104 Å². The average molecular weight is 237 g/mol. The SMILES string of the molecule is CCCC(CCc1cc(C)cc(F)c1)NCC. The molecular formula is C15H24FN. The molecule has 0 spiro atoms. The summed E-state index contributed by atoms with van der Waals surface area (Å²) in [7, 11) is 0. The second kappa shape index (κ2) is 7.44. The van der Waals surface area contributed by atoms with Gasteiger partial charge in [0.15, 0.2) is 0 Å². The Balaban J connectivity index is 2.52. The van der Waals surface area contributed by atoms with Crippen molar-refractivity contribution in [3.63, 3.8) is 0 Å². The van der Waals surface area contributed by atoms with Gasteiger partial charge in [0.25, 0.3) is 0 Å². The van der Waals surface area contributed by atoms with E-state index in [0.717, 1.165) is 30.5 Å². The molecule has 17 heavy (non-hydrogen) atoms. The third-order valence-corrected chi connectivity index (χ3v) is 3.01. The quantitative estimate of drug-likeness (QED) is 0.759. The van der Waals surface area contributed by atoms with Crippen LogP contribution >= 0.6 is 0 Å². The van der Waals surface area contributed by atoms with Crippen LogP contribution in [0, 0.1) is 12.7 Å². The van der Waals surface area contributed by atoms with E-state index in [1.54, 1.807) is 12.1 Å². The molecule has 0 aliphatic rings. The lowest BCUT2D eigenvalue weighted by Crippen LogP contribution is -2.29. The molecule has 0 fully saturated rings. The highest BCUT2D eigenvalue weighted by Gasteiger charge is 2.07. The lowest BCUT2D eigenvalue weighted by Gasteiger charge is -2.17. The summed E-state index contributed by atoms with van der Waals surface area (Å²) >= 11 is 0. The molecule has 1 nitrogen and oxygen atoms in total. The standard InChI is InChI=1S/C15H24FN/c1-4-6-15(17-5-2)8-7-13-9-12(3)10-14(16)11-13/h9-11,15,17H,4-8H2,1-3H3. The van der Waals surface area contributed by atoms with E-state index < -0.39 is 0 Å². The lowest BCUT2D eigenvalue weighted by molar-refractivity contribution is 0.459. The van der Waals surface area contributed by atoms with Crippen molar-refractivity contribution < 1.29 is 4.39 Å². The fourth-order valence-corrected chi connectivity index (χ4v) is 2.28. The van der Waals surface area contributed by atoms with E-state index in [4.69, 9.17) is 0 Å². The van der Waals surface area contributed by atoms with Crippen LogP contribution in [0.25, 0.3) is 0 Å². The molecule has 0 aromatic heterocycles. The van der Waals surface area contributed by atoms with Crippen LogP contribution in [0.15, 0.2) is 18.2 Å². The lowest BCUT2D eigenvalue weighted by atomic mass is 10.0. The third kappa shape index (κ3) is 5.31. The van der Waals surface area contributed by atoms with Crippen molar-refractivity contribution in [3.8, 4) is 0 Å². The largest absolute Gasteiger partial charge is 0.314 e. The fourth-order valence-electron chi connectivity index (χ4n) is 2.28. The monoisotopic (exact) mass is 237 g/mol. The van der Waals surface area contributed by atoms with Gasteiger partial charge in [-0.25, -0.2) is 4.39 Å². The first-order valence-corrected chi connectivity index (χ1v) is 6.65. The smallest absolute Gasteiger partial charge is 0.123 e. The number of aryl methyl sites for hydroxylation is 2. The minimum atomic E-state index is -0.115. The summed E-state index contributed by atoms with van der Waals surface area (Å²) in [6.45, 7) is 7.29. The van der Waals surface area contributed by atoms with Gasteiger partial charge in [-0.1, -0.05) is 26.3 Å². The molecule has 0 saturated heterocycles. The van der Waals surface area contributed by atoms with Gasteiger partial charge in [0, 0.05) is 6.04 Å². The van der Waals surface area contributed by atoms with Crippen molar-refractivity contribution >= 4 is 0 Å². The minimum absolute atomic E-state index is 0.115. The molecule has 1 N–H and O–H groups in total. The van der Waals surface area contributed by atoms with Gasteiger partial charge >= 0.3 is 0 Å². The molecule has 0 aliphatic carbocycles.